The molecule has 4 nitrogen and oxygen atoms in total. The number of carbonyl (C=O) groups is 1. The van der Waals surface area contributed by atoms with Crippen molar-refractivity contribution >= 4 is 11.6 Å². The zero-order valence-electron chi connectivity index (χ0n) is 13.3. The van der Waals surface area contributed by atoms with Gasteiger partial charge in [0.15, 0.2) is 0 Å². The predicted octanol–water partition coefficient (Wildman–Crippen LogP) is 3.47. The number of amides is 1. The van der Waals surface area contributed by atoms with Crippen molar-refractivity contribution in [3.63, 3.8) is 0 Å². The van der Waals surface area contributed by atoms with Gasteiger partial charge in [0.25, 0.3) is 5.91 Å². The molecule has 0 aliphatic carbocycles. The van der Waals surface area contributed by atoms with Crippen LogP contribution in [0.4, 0.5) is 0 Å². The second-order valence-corrected chi connectivity index (χ2v) is 5.14. The maximum absolute atomic E-state index is 12.2. The number of hydrogen-bond acceptors (Lipinski definition) is 3. The van der Waals surface area contributed by atoms with Crippen LogP contribution < -0.4 is 10.2 Å². The van der Waals surface area contributed by atoms with Gasteiger partial charge in [-0.2, -0.15) is 5.10 Å². The lowest BCUT2D eigenvalue weighted by molar-refractivity contribution is 0.0952. The molecule has 0 aromatic heterocycles. The number of para-hydroxylation sites is 1. The molecule has 0 saturated heterocycles. The van der Waals surface area contributed by atoms with Crippen LogP contribution in [0, 0.1) is 13.8 Å². The number of carbonyl (C=O) groups excluding carboxylic acids is 1. The van der Waals surface area contributed by atoms with E-state index in [0.717, 1.165) is 11.3 Å². The van der Waals surface area contributed by atoms with Crippen molar-refractivity contribution in [1.29, 1.82) is 0 Å². The topological polar surface area (TPSA) is 50.7 Å². The van der Waals surface area contributed by atoms with Crippen LogP contribution in [0.5, 0.6) is 5.75 Å². The third-order valence-corrected chi connectivity index (χ3v) is 3.60. The number of aryl methyl sites for hydroxylation is 2. The van der Waals surface area contributed by atoms with E-state index in [1.807, 2.05) is 25.1 Å². The molecule has 0 radical (unpaired) electrons. The molecule has 0 unspecified atom stereocenters. The van der Waals surface area contributed by atoms with Gasteiger partial charge in [-0.25, -0.2) is 5.43 Å². The van der Waals surface area contributed by atoms with E-state index in [2.05, 4.69) is 30.4 Å². The van der Waals surface area contributed by atoms with Crippen molar-refractivity contribution in [3.8, 4) is 5.75 Å². The summed E-state index contributed by atoms with van der Waals surface area (Å²) in [5.74, 6) is 0.236. The highest BCUT2D eigenvalue weighted by molar-refractivity contribution is 6.01. The normalized spacial score (nSPS) is 11.2. The Morgan fingerprint density at radius 3 is 2.50 bits per heavy atom. The van der Waals surface area contributed by atoms with Gasteiger partial charge in [0.1, 0.15) is 5.75 Å². The minimum Gasteiger partial charge on any atom is -0.496 e. The molecular formula is C18H20N2O2. The highest BCUT2D eigenvalue weighted by Gasteiger charge is 2.10. The van der Waals surface area contributed by atoms with E-state index in [9.17, 15) is 4.79 Å². The molecule has 2 aromatic carbocycles. The van der Waals surface area contributed by atoms with Crippen molar-refractivity contribution in [1.82, 2.24) is 5.43 Å². The van der Waals surface area contributed by atoms with Crippen LogP contribution >= 0.6 is 0 Å². The van der Waals surface area contributed by atoms with Crippen LogP contribution in [0.15, 0.2) is 47.6 Å². The fourth-order valence-electron chi connectivity index (χ4n) is 2.06. The first-order valence-corrected chi connectivity index (χ1v) is 7.08. The molecule has 1 amide bonds. The molecule has 2 aromatic rings. The minimum absolute atomic E-state index is 0.291. The fourth-order valence-corrected chi connectivity index (χ4v) is 2.06. The SMILES string of the molecule is COc1ccccc1C(=O)NN=C(C)c1ccc(C)c(C)c1. The number of ether oxygens (including phenoxy) is 1. The van der Waals surface area contributed by atoms with Crippen LogP contribution in [0.2, 0.25) is 0 Å². The van der Waals surface area contributed by atoms with Gasteiger partial charge < -0.3 is 4.74 Å². The van der Waals surface area contributed by atoms with Gasteiger partial charge in [-0.15, -0.1) is 0 Å². The summed E-state index contributed by atoms with van der Waals surface area (Å²) >= 11 is 0. The summed E-state index contributed by atoms with van der Waals surface area (Å²) in [6, 6.07) is 13.2. The van der Waals surface area contributed by atoms with Crippen LogP contribution in [0.3, 0.4) is 0 Å². The van der Waals surface area contributed by atoms with Gasteiger partial charge in [-0.3, -0.25) is 4.79 Å². The van der Waals surface area contributed by atoms with Crippen LogP contribution in [0.25, 0.3) is 0 Å². The minimum atomic E-state index is -0.291. The van der Waals surface area contributed by atoms with Crippen LogP contribution in [-0.2, 0) is 0 Å². The standard InChI is InChI=1S/C18H20N2O2/c1-12-9-10-15(11-13(12)2)14(3)19-20-18(21)16-7-5-6-8-17(16)22-4/h5-11H,1-4H3,(H,20,21). The zero-order chi connectivity index (χ0) is 16.1. The summed E-state index contributed by atoms with van der Waals surface area (Å²) in [4.78, 5) is 12.2. The summed E-state index contributed by atoms with van der Waals surface area (Å²) in [5.41, 5.74) is 7.21. The molecule has 4 heteroatoms. The predicted molar refractivity (Wildman–Crippen MR) is 88.6 cm³/mol. The molecule has 0 spiro atoms. The van der Waals surface area contributed by atoms with Crippen molar-refractivity contribution < 1.29 is 9.53 Å². The molecule has 2 rings (SSSR count). The number of hydrazone groups is 1. The van der Waals surface area contributed by atoms with Crippen molar-refractivity contribution in [2.75, 3.05) is 7.11 Å². The van der Waals surface area contributed by atoms with Gasteiger partial charge in [-0.05, 0) is 55.7 Å². The molecule has 0 bridgehead atoms. The molecule has 0 saturated carbocycles. The first-order valence-electron chi connectivity index (χ1n) is 7.08. The molecule has 0 heterocycles. The van der Waals surface area contributed by atoms with Crippen molar-refractivity contribution in [3.05, 3.63) is 64.7 Å². The number of rotatable bonds is 4. The summed E-state index contributed by atoms with van der Waals surface area (Å²) < 4.78 is 5.18. The molecule has 0 aliphatic rings. The van der Waals surface area contributed by atoms with Gasteiger partial charge in [0, 0.05) is 0 Å². The molecule has 22 heavy (non-hydrogen) atoms. The monoisotopic (exact) mass is 296 g/mol. The average Bonchev–Trinajstić information content (AvgIpc) is 2.54. The number of methoxy groups -OCH3 is 1. The van der Waals surface area contributed by atoms with E-state index in [0.29, 0.717) is 11.3 Å². The molecular weight excluding hydrogens is 276 g/mol. The lowest BCUT2D eigenvalue weighted by Crippen LogP contribution is -2.20. The number of nitrogens with one attached hydrogen (secondary N) is 1. The molecule has 1 N–H and O–H groups in total. The molecule has 114 valence electrons. The number of benzene rings is 2. The van der Waals surface area contributed by atoms with Crippen LogP contribution in [-0.4, -0.2) is 18.7 Å². The molecule has 0 aliphatic heterocycles. The third kappa shape index (κ3) is 3.52. The lowest BCUT2D eigenvalue weighted by Gasteiger charge is -2.08. The van der Waals surface area contributed by atoms with Crippen LogP contribution in [0.1, 0.15) is 34.0 Å². The molecule has 0 atom stereocenters. The van der Waals surface area contributed by atoms with Crippen molar-refractivity contribution in [2.45, 2.75) is 20.8 Å². The van der Waals surface area contributed by atoms with E-state index in [-0.39, 0.29) is 5.91 Å². The summed E-state index contributed by atoms with van der Waals surface area (Å²) in [5, 5.41) is 4.18. The summed E-state index contributed by atoms with van der Waals surface area (Å²) in [6.45, 7) is 5.99. The Bertz CT molecular complexity index is 721. The number of hydrogen-bond donors (Lipinski definition) is 1. The zero-order valence-corrected chi connectivity index (χ0v) is 13.3. The molecule has 0 fully saturated rings. The largest absolute Gasteiger partial charge is 0.496 e. The van der Waals surface area contributed by atoms with E-state index in [1.54, 1.807) is 18.2 Å². The Hall–Kier alpha value is -2.62. The fraction of sp³-hybridized carbons (Fsp3) is 0.222. The first-order chi connectivity index (χ1) is 10.5. The van der Waals surface area contributed by atoms with Gasteiger partial charge in [0.05, 0.1) is 18.4 Å². The maximum Gasteiger partial charge on any atom is 0.275 e. The third-order valence-electron chi connectivity index (χ3n) is 3.60. The van der Waals surface area contributed by atoms with Crippen molar-refractivity contribution in [2.24, 2.45) is 5.10 Å². The maximum atomic E-state index is 12.2. The Labute approximate surface area is 130 Å². The van der Waals surface area contributed by atoms with Gasteiger partial charge in [-0.1, -0.05) is 24.3 Å². The van der Waals surface area contributed by atoms with E-state index in [4.69, 9.17) is 4.74 Å². The average molecular weight is 296 g/mol. The van der Waals surface area contributed by atoms with E-state index < -0.39 is 0 Å². The highest BCUT2D eigenvalue weighted by Crippen LogP contribution is 2.17. The Morgan fingerprint density at radius 1 is 1.09 bits per heavy atom. The first kappa shape index (κ1) is 15.8. The Kier molecular flexibility index (Phi) is 4.94. The van der Waals surface area contributed by atoms with Gasteiger partial charge >= 0.3 is 0 Å². The Balaban J connectivity index is 2.16. The lowest BCUT2D eigenvalue weighted by atomic mass is 10.0. The highest BCUT2D eigenvalue weighted by atomic mass is 16.5. The summed E-state index contributed by atoms with van der Waals surface area (Å²) in [6.07, 6.45) is 0. The number of nitrogens with zero attached hydrogens (tertiary/aromatic N) is 1. The second-order valence-electron chi connectivity index (χ2n) is 5.14. The quantitative estimate of drug-likeness (QED) is 0.694. The van der Waals surface area contributed by atoms with E-state index in [1.165, 1.54) is 18.2 Å². The Morgan fingerprint density at radius 2 is 1.82 bits per heavy atom. The smallest absolute Gasteiger partial charge is 0.275 e. The summed E-state index contributed by atoms with van der Waals surface area (Å²) in [7, 11) is 1.54. The van der Waals surface area contributed by atoms with E-state index >= 15 is 0 Å². The van der Waals surface area contributed by atoms with Gasteiger partial charge in [0.2, 0.25) is 0 Å². The second kappa shape index (κ2) is 6.89.